The molecule has 2 heterocycles. The fourth-order valence-corrected chi connectivity index (χ4v) is 3.52. The van der Waals surface area contributed by atoms with Crippen molar-refractivity contribution in [3.8, 4) is 0 Å². The molecular weight excluding hydrogens is 268 g/mol. The number of hydrogen-bond donors (Lipinski definition) is 2. The van der Waals surface area contributed by atoms with Crippen LogP contribution in [0.5, 0.6) is 0 Å². The number of ether oxygens (including phenoxy) is 1. The van der Waals surface area contributed by atoms with Gasteiger partial charge in [-0.1, -0.05) is 0 Å². The molecule has 8 heteroatoms. The topological polar surface area (TPSA) is 87.3 Å². The molecule has 2 N–H and O–H groups in total. The van der Waals surface area contributed by atoms with Gasteiger partial charge in [0.15, 0.2) is 0 Å². The number of aromatic nitrogens is 2. The summed E-state index contributed by atoms with van der Waals surface area (Å²) in [5.74, 6) is 0. The number of hydrogen-bond acceptors (Lipinski definition) is 5. The first kappa shape index (κ1) is 14.4. The van der Waals surface area contributed by atoms with Gasteiger partial charge in [0, 0.05) is 25.7 Å². The number of sulfonamides is 1. The quantitative estimate of drug-likeness (QED) is 0.778. The van der Waals surface area contributed by atoms with Gasteiger partial charge in [-0.05, 0) is 13.8 Å². The number of morpholine rings is 1. The van der Waals surface area contributed by atoms with Gasteiger partial charge in [0.2, 0.25) is 10.0 Å². The maximum Gasteiger partial charge on any atom is 0.244 e. The minimum Gasteiger partial charge on any atom is -0.379 e. The zero-order valence-corrected chi connectivity index (χ0v) is 12.0. The minimum absolute atomic E-state index is 0.155. The van der Waals surface area contributed by atoms with Crippen LogP contribution in [0.4, 0.5) is 0 Å². The highest BCUT2D eigenvalue weighted by molar-refractivity contribution is 7.89. The Morgan fingerprint density at radius 2 is 2.21 bits per heavy atom. The van der Waals surface area contributed by atoms with E-state index in [1.807, 2.05) is 6.92 Å². The number of aryl methyl sites for hydroxylation is 1. The van der Waals surface area contributed by atoms with Crippen molar-refractivity contribution in [2.75, 3.05) is 32.8 Å². The van der Waals surface area contributed by atoms with Crippen molar-refractivity contribution in [2.24, 2.45) is 0 Å². The van der Waals surface area contributed by atoms with Gasteiger partial charge in [0.05, 0.1) is 25.1 Å². The van der Waals surface area contributed by atoms with E-state index in [9.17, 15) is 8.42 Å². The average Bonchev–Trinajstić information content (AvgIpc) is 2.76. The van der Waals surface area contributed by atoms with E-state index in [4.69, 9.17) is 4.74 Å². The molecule has 1 aromatic heterocycles. The molecular formula is C11H20N4O3S. The van der Waals surface area contributed by atoms with Crippen LogP contribution in [-0.2, 0) is 14.8 Å². The Balaban J connectivity index is 1.94. The number of nitrogens with one attached hydrogen (secondary N) is 2. The van der Waals surface area contributed by atoms with Crippen molar-refractivity contribution in [3.05, 3.63) is 11.9 Å². The summed E-state index contributed by atoms with van der Waals surface area (Å²) in [7, 11) is -3.50. The molecule has 0 spiro atoms. The van der Waals surface area contributed by atoms with E-state index in [-0.39, 0.29) is 10.9 Å². The zero-order chi connectivity index (χ0) is 13.9. The first-order chi connectivity index (χ1) is 8.99. The van der Waals surface area contributed by atoms with Crippen molar-refractivity contribution in [2.45, 2.75) is 24.8 Å². The van der Waals surface area contributed by atoms with Gasteiger partial charge in [-0.25, -0.2) is 13.1 Å². The van der Waals surface area contributed by atoms with Crippen molar-refractivity contribution in [1.82, 2.24) is 19.8 Å². The molecule has 0 radical (unpaired) electrons. The van der Waals surface area contributed by atoms with Gasteiger partial charge in [-0.2, -0.15) is 5.10 Å². The molecule has 1 aromatic rings. The maximum absolute atomic E-state index is 12.2. The lowest BCUT2D eigenvalue weighted by Crippen LogP contribution is -2.45. The average molecular weight is 288 g/mol. The van der Waals surface area contributed by atoms with Gasteiger partial charge in [-0.15, -0.1) is 0 Å². The van der Waals surface area contributed by atoms with Gasteiger partial charge in [-0.3, -0.25) is 10.00 Å². The summed E-state index contributed by atoms with van der Waals surface area (Å²) in [6.07, 6.45) is 1.33. The lowest BCUT2D eigenvalue weighted by atomic mass is 10.3. The molecule has 108 valence electrons. The van der Waals surface area contributed by atoms with Crippen LogP contribution >= 0.6 is 0 Å². The summed E-state index contributed by atoms with van der Waals surface area (Å²) >= 11 is 0. The summed E-state index contributed by atoms with van der Waals surface area (Å²) < 4.78 is 32.2. The van der Waals surface area contributed by atoms with E-state index in [1.165, 1.54) is 6.20 Å². The first-order valence-corrected chi connectivity index (χ1v) is 7.80. The molecule has 0 aliphatic carbocycles. The number of aromatic amines is 1. The first-order valence-electron chi connectivity index (χ1n) is 6.31. The Morgan fingerprint density at radius 3 is 2.79 bits per heavy atom. The largest absolute Gasteiger partial charge is 0.379 e. The summed E-state index contributed by atoms with van der Waals surface area (Å²) in [6.45, 7) is 7.34. The standard InChI is InChI=1S/C11H20N4O3S/c1-9(8-15-3-5-18-6-4-15)14-19(16,17)11-7-12-13-10(11)2/h7,9,14H,3-6,8H2,1-2H3,(H,12,13). The van der Waals surface area contributed by atoms with Crippen LogP contribution in [-0.4, -0.2) is 62.4 Å². The lowest BCUT2D eigenvalue weighted by molar-refractivity contribution is 0.0354. The van der Waals surface area contributed by atoms with Crippen molar-refractivity contribution in [3.63, 3.8) is 0 Å². The number of rotatable bonds is 5. The summed E-state index contributed by atoms with van der Waals surface area (Å²) in [5, 5.41) is 6.37. The number of H-pyrrole nitrogens is 1. The monoisotopic (exact) mass is 288 g/mol. The van der Waals surface area contributed by atoms with Gasteiger partial charge >= 0.3 is 0 Å². The SMILES string of the molecule is Cc1[nH]ncc1S(=O)(=O)NC(C)CN1CCOCC1. The van der Waals surface area contributed by atoms with Crippen LogP contribution in [0.3, 0.4) is 0 Å². The third-order valence-corrected chi connectivity index (χ3v) is 4.77. The highest BCUT2D eigenvalue weighted by Gasteiger charge is 2.22. The summed E-state index contributed by atoms with van der Waals surface area (Å²) in [6, 6.07) is -0.155. The highest BCUT2D eigenvalue weighted by Crippen LogP contribution is 2.11. The second kappa shape index (κ2) is 6.00. The van der Waals surface area contributed by atoms with Crippen molar-refractivity contribution >= 4 is 10.0 Å². The second-order valence-corrected chi connectivity index (χ2v) is 6.48. The van der Waals surface area contributed by atoms with Crippen molar-refractivity contribution in [1.29, 1.82) is 0 Å². The van der Waals surface area contributed by atoms with Crippen LogP contribution in [0, 0.1) is 6.92 Å². The lowest BCUT2D eigenvalue weighted by Gasteiger charge is -2.29. The molecule has 0 aromatic carbocycles. The van der Waals surface area contributed by atoms with Gasteiger partial charge in [0.25, 0.3) is 0 Å². The van der Waals surface area contributed by atoms with E-state index in [1.54, 1.807) is 6.92 Å². The molecule has 0 amide bonds. The molecule has 19 heavy (non-hydrogen) atoms. The van der Waals surface area contributed by atoms with E-state index in [0.29, 0.717) is 25.5 Å². The minimum atomic E-state index is -3.50. The van der Waals surface area contributed by atoms with Gasteiger partial charge in [0.1, 0.15) is 4.90 Å². The van der Waals surface area contributed by atoms with E-state index >= 15 is 0 Å². The van der Waals surface area contributed by atoms with E-state index < -0.39 is 10.0 Å². The smallest absolute Gasteiger partial charge is 0.244 e. The predicted octanol–water partition coefficient (Wildman–Crippen LogP) is -0.283. The summed E-state index contributed by atoms with van der Waals surface area (Å²) in [5.41, 5.74) is 0.547. The van der Waals surface area contributed by atoms with E-state index in [0.717, 1.165) is 13.1 Å². The fourth-order valence-electron chi connectivity index (χ4n) is 2.15. The van der Waals surface area contributed by atoms with Crippen LogP contribution < -0.4 is 4.72 Å². The Labute approximate surface area is 113 Å². The maximum atomic E-state index is 12.2. The zero-order valence-electron chi connectivity index (χ0n) is 11.2. The third kappa shape index (κ3) is 3.75. The molecule has 1 saturated heterocycles. The normalized spacial score (nSPS) is 19.5. The van der Waals surface area contributed by atoms with Crippen LogP contribution in [0.2, 0.25) is 0 Å². The summed E-state index contributed by atoms with van der Waals surface area (Å²) in [4.78, 5) is 2.40. The Bertz CT molecular complexity index is 508. The molecule has 1 aliphatic rings. The Kier molecular flexibility index (Phi) is 4.56. The van der Waals surface area contributed by atoms with Gasteiger partial charge < -0.3 is 4.74 Å². The molecule has 1 unspecified atom stereocenters. The molecule has 0 bridgehead atoms. The van der Waals surface area contributed by atoms with E-state index in [2.05, 4.69) is 19.8 Å². The fraction of sp³-hybridized carbons (Fsp3) is 0.727. The Morgan fingerprint density at radius 1 is 1.53 bits per heavy atom. The van der Waals surface area contributed by atoms with Crippen LogP contribution in [0.1, 0.15) is 12.6 Å². The Hall–Kier alpha value is -0.960. The molecule has 7 nitrogen and oxygen atoms in total. The third-order valence-electron chi connectivity index (χ3n) is 3.07. The molecule has 1 atom stereocenters. The highest BCUT2D eigenvalue weighted by atomic mass is 32.2. The molecule has 2 rings (SSSR count). The van der Waals surface area contributed by atoms with Crippen molar-refractivity contribution < 1.29 is 13.2 Å². The van der Waals surface area contributed by atoms with Crippen LogP contribution in [0.15, 0.2) is 11.1 Å². The predicted molar refractivity (Wildman–Crippen MR) is 70.4 cm³/mol. The van der Waals surface area contributed by atoms with Crippen LogP contribution in [0.25, 0.3) is 0 Å². The number of nitrogens with zero attached hydrogens (tertiary/aromatic N) is 2. The second-order valence-electron chi connectivity index (χ2n) is 4.79. The molecule has 1 aliphatic heterocycles. The molecule has 1 fully saturated rings. The molecule has 0 saturated carbocycles.